The lowest BCUT2D eigenvalue weighted by Gasteiger charge is -2.32. The molecule has 1 aromatic heterocycles. The van der Waals surface area contributed by atoms with Crippen LogP contribution in [-0.2, 0) is 0 Å². The number of rotatable bonds is 3. The summed E-state index contributed by atoms with van der Waals surface area (Å²) < 4.78 is 45.8. The van der Waals surface area contributed by atoms with Crippen molar-refractivity contribution in [2.45, 2.75) is 18.9 Å². The Morgan fingerprint density at radius 3 is 2.64 bits per heavy atom. The summed E-state index contributed by atoms with van der Waals surface area (Å²) in [5, 5.41) is 0.363. The third-order valence-electron chi connectivity index (χ3n) is 3.80. The smallest absolute Gasteiger partial charge is 0.316 e. The Kier molecular flexibility index (Phi) is 5.08. The summed E-state index contributed by atoms with van der Waals surface area (Å²) in [4.78, 5) is 21.6. The summed E-state index contributed by atoms with van der Waals surface area (Å²) in [5.41, 5.74) is -0.512. The predicted octanol–water partition coefficient (Wildman–Crippen LogP) is 3.23. The molecule has 132 valence electrons. The maximum atomic E-state index is 13.8. The van der Waals surface area contributed by atoms with E-state index < -0.39 is 35.0 Å². The Morgan fingerprint density at radius 1 is 1.20 bits per heavy atom. The zero-order valence-corrected chi connectivity index (χ0v) is 13.6. The SMILES string of the molecule is O=C(c1ccc(F)c(F)c1F)N1CCCC(Oc2ncc(Cl)cn2)C1. The highest BCUT2D eigenvalue weighted by Gasteiger charge is 2.29. The van der Waals surface area contributed by atoms with Crippen LogP contribution >= 0.6 is 11.6 Å². The molecule has 2 aromatic rings. The normalized spacial score (nSPS) is 17.4. The van der Waals surface area contributed by atoms with Gasteiger partial charge in [-0.3, -0.25) is 4.79 Å². The van der Waals surface area contributed by atoms with Crippen molar-refractivity contribution < 1.29 is 22.7 Å². The fourth-order valence-electron chi connectivity index (χ4n) is 2.59. The minimum atomic E-state index is -1.66. The van der Waals surface area contributed by atoms with Gasteiger partial charge in [0.05, 0.1) is 29.5 Å². The van der Waals surface area contributed by atoms with Crippen LogP contribution in [-0.4, -0.2) is 40.0 Å². The van der Waals surface area contributed by atoms with Crippen LogP contribution in [0.15, 0.2) is 24.5 Å². The van der Waals surface area contributed by atoms with Gasteiger partial charge in [-0.1, -0.05) is 11.6 Å². The standard InChI is InChI=1S/C16H13ClF3N3O2/c17-9-6-21-16(22-7-9)25-10-2-1-5-23(8-10)15(24)11-3-4-12(18)14(20)13(11)19/h3-4,6-7,10H,1-2,5,8H2. The van der Waals surface area contributed by atoms with E-state index in [-0.39, 0.29) is 12.6 Å². The highest BCUT2D eigenvalue weighted by atomic mass is 35.5. The van der Waals surface area contributed by atoms with Crippen LogP contribution in [0.3, 0.4) is 0 Å². The number of halogens is 4. The Hall–Kier alpha value is -2.35. The van der Waals surface area contributed by atoms with Crippen LogP contribution in [0.25, 0.3) is 0 Å². The summed E-state index contributed by atoms with van der Waals surface area (Å²) in [6, 6.07) is 1.77. The van der Waals surface area contributed by atoms with Crippen LogP contribution in [0.5, 0.6) is 6.01 Å². The van der Waals surface area contributed by atoms with Gasteiger partial charge in [0.1, 0.15) is 6.10 Å². The first kappa shape index (κ1) is 17.5. The van der Waals surface area contributed by atoms with E-state index in [2.05, 4.69) is 9.97 Å². The number of ether oxygens (including phenoxy) is 1. The second-order valence-electron chi connectivity index (χ2n) is 5.54. The van der Waals surface area contributed by atoms with Crippen molar-refractivity contribution in [3.63, 3.8) is 0 Å². The van der Waals surface area contributed by atoms with Gasteiger partial charge in [0.25, 0.3) is 5.91 Å². The fraction of sp³-hybridized carbons (Fsp3) is 0.312. The van der Waals surface area contributed by atoms with E-state index in [1.54, 1.807) is 0 Å². The van der Waals surface area contributed by atoms with E-state index in [0.29, 0.717) is 24.4 Å². The van der Waals surface area contributed by atoms with Gasteiger partial charge in [-0.05, 0) is 25.0 Å². The van der Waals surface area contributed by atoms with Gasteiger partial charge < -0.3 is 9.64 Å². The maximum absolute atomic E-state index is 13.8. The van der Waals surface area contributed by atoms with Crippen molar-refractivity contribution in [1.29, 1.82) is 0 Å². The molecule has 1 saturated heterocycles. The number of hydrogen-bond donors (Lipinski definition) is 0. The van der Waals surface area contributed by atoms with Gasteiger partial charge >= 0.3 is 6.01 Å². The molecule has 1 atom stereocenters. The first-order valence-electron chi connectivity index (χ1n) is 7.52. The number of carbonyl (C=O) groups excluding carboxylic acids is 1. The van der Waals surface area contributed by atoms with Crippen LogP contribution < -0.4 is 4.74 Å². The Morgan fingerprint density at radius 2 is 1.92 bits per heavy atom. The summed E-state index contributed by atoms with van der Waals surface area (Å²) in [6.07, 6.45) is 3.62. The summed E-state index contributed by atoms with van der Waals surface area (Å²) in [7, 11) is 0. The molecule has 2 heterocycles. The van der Waals surface area contributed by atoms with E-state index in [4.69, 9.17) is 16.3 Å². The Bertz CT molecular complexity index is 789. The molecular weight excluding hydrogens is 359 g/mol. The lowest BCUT2D eigenvalue weighted by atomic mass is 10.1. The van der Waals surface area contributed by atoms with Crippen LogP contribution in [0.1, 0.15) is 23.2 Å². The van der Waals surface area contributed by atoms with Gasteiger partial charge in [-0.15, -0.1) is 0 Å². The van der Waals surface area contributed by atoms with Gasteiger partial charge in [0.2, 0.25) is 0 Å². The van der Waals surface area contributed by atoms with E-state index in [1.165, 1.54) is 17.3 Å². The molecule has 1 aliphatic heterocycles. The molecule has 0 radical (unpaired) electrons. The highest BCUT2D eigenvalue weighted by molar-refractivity contribution is 6.30. The molecule has 5 nitrogen and oxygen atoms in total. The number of nitrogens with zero attached hydrogens (tertiary/aromatic N) is 3. The average Bonchev–Trinajstić information content (AvgIpc) is 2.61. The Labute approximate surface area is 146 Å². The average molecular weight is 372 g/mol. The number of likely N-dealkylation sites (tertiary alicyclic amines) is 1. The molecule has 25 heavy (non-hydrogen) atoms. The minimum absolute atomic E-state index is 0.114. The van der Waals surface area contributed by atoms with Crippen LogP contribution in [0.4, 0.5) is 13.2 Å². The van der Waals surface area contributed by atoms with Gasteiger partial charge in [-0.2, -0.15) is 0 Å². The third-order valence-corrected chi connectivity index (χ3v) is 3.99. The molecule has 0 N–H and O–H groups in total. The van der Waals surface area contributed by atoms with Crippen molar-refractivity contribution in [1.82, 2.24) is 14.9 Å². The largest absolute Gasteiger partial charge is 0.458 e. The van der Waals surface area contributed by atoms with Crippen LogP contribution in [0, 0.1) is 17.5 Å². The van der Waals surface area contributed by atoms with Crippen molar-refractivity contribution in [2.75, 3.05) is 13.1 Å². The second kappa shape index (κ2) is 7.26. The lowest BCUT2D eigenvalue weighted by molar-refractivity contribution is 0.0510. The van der Waals surface area contributed by atoms with E-state index >= 15 is 0 Å². The van der Waals surface area contributed by atoms with Crippen molar-refractivity contribution >= 4 is 17.5 Å². The molecule has 9 heteroatoms. The van der Waals surface area contributed by atoms with E-state index in [9.17, 15) is 18.0 Å². The summed E-state index contributed by atoms with van der Waals surface area (Å²) >= 11 is 5.70. The molecule has 1 unspecified atom stereocenters. The zero-order chi connectivity index (χ0) is 18.0. The van der Waals surface area contributed by atoms with Crippen molar-refractivity contribution in [3.8, 4) is 6.01 Å². The molecule has 1 amide bonds. The molecule has 0 spiro atoms. The minimum Gasteiger partial charge on any atom is -0.458 e. The summed E-state index contributed by atoms with van der Waals surface area (Å²) in [6.45, 7) is 0.516. The second-order valence-corrected chi connectivity index (χ2v) is 5.98. The zero-order valence-electron chi connectivity index (χ0n) is 12.9. The van der Waals surface area contributed by atoms with Gasteiger partial charge in [-0.25, -0.2) is 23.1 Å². The summed E-state index contributed by atoms with van der Waals surface area (Å²) in [5.74, 6) is -5.21. The van der Waals surface area contributed by atoms with Gasteiger partial charge in [0.15, 0.2) is 17.5 Å². The quantitative estimate of drug-likeness (QED) is 0.777. The molecule has 1 aromatic carbocycles. The number of aromatic nitrogens is 2. The Balaban J connectivity index is 1.71. The molecular formula is C16H13ClF3N3O2. The molecule has 1 fully saturated rings. The number of carbonyl (C=O) groups is 1. The molecule has 0 aliphatic carbocycles. The number of piperidine rings is 1. The predicted molar refractivity (Wildman–Crippen MR) is 82.9 cm³/mol. The van der Waals surface area contributed by atoms with Crippen molar-refractivity contribution in [3.05, 3.63) is 52.6 Å². The topological polar surface area (TPSA) is 55.3 Å². The number of benzene rings is 1. The first-order valence-corrected chi connectivity index (χ1v) is 7.90. The molecule has 0 saturated carbocycles. The first-order chi connectivity index (χ1) is 12.0. The fourth-order valence-corrected chi connectivity index (χ4v) is 2.69. The number of amides is 1. The maximum Gasteiger partial charge on any atom is 0.316 e. The number of hydrogen-bond acceptors (Lipinski definition) is 4. The third kappa shape index (κ3) is 3.84. The molecule has 0 bridgehead atoms. The molecule has 3 rings (SSSR count). The van der Waals surface area contributed by atoms with E-state index in [0.717, 1.165) is 12.1 Å². The van der Waals surface area contributed by atoms with E-state index in [1.807, 2.05) is 0 Å². The highest BCUT2D eigenvalue weighted by Crippen LogP contribution is 2.21. The molecule has 1 aliphatic rings. The van der Waals surface area contributed by atoms with Crippen molar-refractivity contribution in [2.24, 2.45) is 0 Å². The lowest BCUT2D eigenvalue weighted by Crippen LogP contribution is -2.44. The monoisotopic (exact) mass is 371 g/mol. The van der Waals surface area contributed by atoms with Crippen LogP contribution in [0.2, 0.25) is 5.02 Å². The van der Waals surface area contributed by atoms with Gasteiger partial charge in [0, 0.05) is 6.54 Å².